The van der Waals surface area contributed by atoms with Crippen LogP contribution in [-0.2, 0) is 0 Å². The van der Waals surface area contributed by atoms with E-state index in [4.69, 9.17) is 11.6 Å². The molecule has 0 atom stereocenters. The Bertz CT molecular complexity index is 439. The summed E-state index contributed by atoms with van der Waals surface area (Å²) in [5.41, 5.74) is 0.895. The highest BCUT2D eigenvalue weighted by Crippen LogP contribution is 2.29. The lowest BCUT2D eigenvalue weighted by Crippen LogP contribution is -1.85. The van der Waals surface area contributed by atoms with Gasteiger partial charge in [0, 0.05) is 4.90 Å². The molecule has 2 aromatic rings. The fourth-order valence-electron chi connectivity index (χ4n) is 1.21. The summed E-state index contributed by atoms with van der Waals surface area (Å²) in [6.07, 6.45) is 3.49. The molecule has 0 aliphatic rings. The Labute approximate surface area is 85.3 Å². The molecule has 0 aliphatic heterocycles. The summed E-state index contributed by atoms with van der Waals surface area (Å²) in [5, 5.41) is 1.47. The maximum Gasteiger partial charge on any atom is 0.141 e. The Kier molecular flexibility index (Phi) is 2.38. The van der Waals surface area contributed by atoms with Crippen LogP contribution in [0.25, 0.3) is 10.9 Å². The van der Waals surface area contributed by atoms with Crippen molar-refractivity contribution in [2.45, 2.75) is 4.90 Å². The molecular formula is C9H7ClN2S. The van der Waals surface area contributed by atoms with Gasteiger partial charge in [0.15, 0.2) is 0 Å². The van der Waals surface area contributed by atoms with Gasteiger partial charge in [0.2, 0.25) is 0 Å². The molecular weight excluding hydrogens is 204 g/mol. The van der Waals surface area contributed by atoms with Gasteiger partial charge in [0.1, 0.15) is 11.5 Å². The van der Waals surface area contributed by atoms with E-state index >= 15 is 0 Å². The standard InChI is InChI=1S/C9H7ClN2S/c1-13-7-4-2-3-6-8(7)9(10)12-5-11-6/h2-5H,1H3. The maximum atomic E-state index is 5.98. The summed E-state index contributed by atoms with van der Waals surface area (Å²) >= 11 is 7.62. The molecule has 0 unspecified atom stereocenters. The zero-order valence-electron chi connectivity index (χ0n) is 6.99. The summed E-state index contributed by atoms with van der Waals surface area (Å²) in [6.45, 7) is 0. The van der Waals surface area contributed by atoms with Crippen LogP contribution in [0.4, 0.5) is 0 Å². The minimum atomic E-state index is 0.523. The van der Waals surface area contributed by atoms with Gasteiger partial charge in [-0.3, -0.25) is 0 Å². The van der Waals surface area contributed by atoms with Crippen molar-refractivity contribution in [3.05, 3.63) is 29.7 Å². The zero-order valence-corrected chi connectivity index (χ0v) is 8.56. The topological polar surface area (TPSA) is 25.8 Å². The molecule has 1 aromatic heterocycles. The van der Waals surface area contributed by atoms with Crippen LogP contribution in [-0.4, -0.2) is 16.2 Å². The van der Waals surface area contributed by atoms with E-state index in [-0.39, 0.29) is 0 Å². The molecule has 66 valence electrons. The quantitative estimate of drug-likeness (QED) is 0.535. The minimum Gasteiger partial charge on any atom is -0.236 e. The van der Waals surface area contributed by atoms with Crippen LogP contribution in [0.1, 0.15) is 0 Å². The second kappa shape index (κ2) is 3.52. The second-order valence-electron chi connectivity index (χ2n) is 2.52. The number of halogens is 1. The van der Waals surface area contributed by atoms with E-state index in [1.54, 1.807) is 11.8 Å². The Hall–Kier alpha value is -0.800. The van der Waals surface area contributed by atoms with Crippen molar-refractivity contribution in [3.63, 3.8) is 0 Å². The third kappa shape index (κ3) is 1.49. The lowest BCUT2D eigenvalue weighted by molar-refractivity contribution is 1.21. The third-order valence-electron chi connectivity index (χ3n) is 1.80. The monoisotopic (exact) mass is 210 g/mol. The molecule has 2 rings (SSSR count). The average Bonchev–Trinajstić information content (AvgIpc) is 2.17. The Morgan fingerprint density at radius 1 is 1.31 bits per heavy atom. The smallest absolute Gasteiger partial charge is 0.141 e. The lowest BCUT2D eigenvalue weighted by Gasteiger charge is -2.02. The number of fused-ring (bicyclic) bond motifs is 1. The summed E-state index contributed by atoms with van der Waals surface area (Å²) in [4.78, 5) is 9.21. The highest BCUT2D eigenvalue weighted by molar-refractivity contribution is 7.98. The number of hydrogen-bond acceptors (Lipinski definition) is 3. The normalized spacial score (nSPS) is 10.6. The van der Waals surface area contributed by atoms with Crippen molar-refractivity contribution >= 4 is 34.3 Å². The fraction of sp³-hybridized carbons (Fsp3) is 0.111. The van der Waals surface area contributed by atoms with E-state index in [9.17, 15) is 0 Å². The van der Waals surface area contributed by atoms with Crippen molar-refractivity contribution in [2.24, 2.45) is 0 Å². The predicted molar refractivity (Wildman–Crippen MR) is 56.3 cm³/mol. The highest BCUT2D eigenvalue weighted by atomic mass is 35.5. The molecule has 13 heavy (non-hydrogen) atoms. The fourth-order valence-corrected chi connectivity index (χ4v) is 2.13. The Morgan fingerprint density at radius 3 is 2.92 bits per heavy atom. The van der Waals surface area contributed by atoms with Gasteiger partial charge in [0.25, 0.3) is 0 Å². The van der Waals surface area contributed by atoms with Gasteiger partial charge >= 0.3 is 0 Å². The maximum absolute atomic E-state index is 5.98. The van der Waals surface area contributed by atoms with Crippen LogP contribution in [0.2, 0.25) is 5.15 Å². The summed E-state index contributed by atoms with van der Waals surface area (Å²) in [5.74, 6) is 0. The van der Waals surface area contributed by atoms with E-state index in [1.807, 2.05) is 24.5 Å². The molecule has 2 nitrogen and oxygen atoms in total. The molecule has 0 bridgehead atoms. The Balaban J connectivity index is 2.87. The van der Waals surface area contributed by atoms with Gasteiger partial charge in [-0.1, -0.05) is 17.7 Å². The number of aromatic nitrogens is 2. The number of benzene rings is 1. The molecule has 0 aliphatic carbocycles. The van der Waals surface area contributed by atoms with Gasteiger partial charge in [-0.25, -0.2) is 9.97 Å². The van der Waals surface area contributed by atoms with Gasteiger partial charge in [-0.2, -0.15) is 0 Å². The molecule has 4 heteroatoms. The summed E-state index contributed by atoms with van der Waals surface area (Å²) in [7, 11) is 0. The Morgan fingerprint density at radius 2 is 2.15 bits per heavy atom. The van der Waals surface area contributed by atoms with Crippen LogP contribution >= 0.6 is 23.4 Å². The highest BCUT2D eigenvalue weighted by Gasteiger charge is 2.04. The molecule has 0 spiro atoms. The van der Waals surface area contributed by atoms with Crippen molar-refractivity contribution in [2.75, 3.05) is 6.26 Å². The predicted octanol–water partition coefficient (Wildman–Crippen LogP) is 3.01. The first-order valence-electron chi connectivity index (χ1n) is 3.76. The molecule has 0 amide bonds. The van der Waals surface area contributed by atoms with E-state index in [1.165, 1.54) is 6.33 Å². The van der Waals surface area contributed by atoms with Crippen LogP contribution in [0, 0.1) is 0 Å². The molecule has 0 fully saturated rings. The van der Waals surface area contributed by atoms with Gasteiger partial charge < -0.3 is 0 Å². The van der Waals surface area contributed by atoms with E-state index in [0.717, 1.165) is 15.8 Å². The number of thioether (sulfide) groups is 1. The average molecular weight is 211 g/mol. The first-order chi connectivity index (χ1) is 6.33. The van der Waals surface area contributed by atoms with Crippen molar-refractivity contribution in [3.8, 4) is 0 Å². The van der Waals surface area contributed by atoms with E-state index in [0.29, 0.717) is 5.15 Å². The third-order valence-corrected chi connectivity index (χ3v) is 2.86. The molecule has 0 saturated heterocycles. The van der Waals surface area contributed by atoms with Crippen molar-refractivity contribution in [1.29, 1.82) is 0 Å². The first-order valence-corrected chi connectivity index (χ1v) is 5.36. The molecule has 1 aromatic carbocycles. The SMILES string of the molecule is CSc1cccc2ncnc(Cl)c12. The molecule has 1 heterocycles. The van der Waals surface area contributed by atoms with Gasteiger partial charge in [-0.05, 0) is 18.4 Å². The van der Waals surface area contributed by atoms with Crippen LogP contribution < -0.4 is 0 Å². The van der Waals surface area contributed by atoms with Crippen LogP contribution in [0.5, 0.6) is 0 Å². The second-order valence-corrected chi connectivity index (χ2v) is 3.72. The van der Waals surface area contributed by atoms with Crippen LogP contribution in [0.15, 0.2) is 29.4 Å². The van der Waals surface area contributed by atoms with Gasteiger partial charge in [0.05, 0.1) is 10.9 Å². The summed E-state index contributed by atoms with van der Waals surface area (Å²) < 4.78 is 0. The van der Waals surface area contributed by atoms with Crippen LogP contribution in [0.3, 0.4) is 0 Å². The van der Waals surface area contributed by atoms with Crippen molar-refractivity contribution in [1.82, 2.24) is 9.97 Å². The molecule has 0 saturated carbocycles. The molecule has 0 radical (unpaired) electrons. The minimum absolute atomic E-state index is 0.523. The number of rotatable bonds is 1. The number of nitrogens with zero attached hydrogens (tertiary/aromatic N) is 2. The molecule has 0 N–H and O–H groups in total. The van der Waals surface area contributed by atoms with E-state index < -0.39 is 0 Å². The van der Waals surface area contributed by atoms with Crippen molar-refractivity contribution < 1.29 is 0 Å². The first kappa shape index (κ1) is 8.78. The zero-order chi connectivity index (χ0) is 9.26. The van der Waals surface area contributed by atoms with Gasteiger partial charge in [-0.15, -0.1) is 11.8 Å². The number of hydrogen-bond donors (Lipinski definition) is 0. The van der Waals surface area contributed by atoms with E-state index in [2.05, 4.69) is 9.97 Å². The lowest BCUT2D eigenvalue weighted by atomic mass is 10.2. The summed E-state index contributed by atoms with van der Waals surface area (Å²) in [6, 6.07) is 5.92. The largest absolute Gasteiger partial charge is 0.236 e.